The predicted octanol–water partition coefficient (Wildman–Crippen LogP) is 2.36. The number of hydrogen-bond donors (Lipinski definition) is 1. The molecule has 2 aromatic rings. The van der Waals surface area contributed by atoms with Crippen LogP contribution in [0.3, 0.4) is 0 Å². The fourth-order valence-electron chi connectivity index (χ4n) is 1.58. The predicted molar refractivity (Wildman–Crippen MR) is 65.4 cm³/mol. The first-order valence-corrected chi connectivity index (χ1v) is 5.81. The van der Waals surface area contributed by atoms with E-state index in [0.29, 0.717) is 25.6 Å². The zero-order valence-corrected chi connectivity index (χ0v) is 10.5. The molecule has 0 amide bonds. The van der Waals surface area contributed by atoms with E-state index in [1.54, 1.807) is 7.11 Å². The van der Waals surface area contributed by atoms with E-state index in [1.807, 2.05) is 0 Å². The third-order valence-corrected chi connectivity index (χ3v) is 2.53. The average Bonchev–Trinajstić information content (AvgIpc) is 2.87. The fourth-order valence-corrected chi connectivity index (χ4v) is 1.58. The van der Waals surface area contributed by atoms with Gasteiger partial charge in [0.15, 0.2) is 17.4 Å². The minimum atomic E-state index is -0.933. The Morgan fingerprint density at radius 1 is 1.37 bits per heavy atom. The number of benzene rings is 1. The fraction of sp³-hybridized carbons (Fsp3) is 0.308. The molecule has 0 aliphatic rings. The lowest BCUT2D eigenvalue weighted by Crippen LogP contribution is -2.18. The molecule has 0 aliphatic heterocycles. The Morgan fingerprint density at radius 3 is 3.00 bits per heavy atom. The lowest BCUT2D eigenvalue weighted by molar-refractivity contribution is 0.198. The quantitative estimate of drug-likeness (QED) is 0.817. The molecule has 0 unspecified atom stereocenters. The molecule has 102 valence electrons. The van der Waals surface area contributed by atoms with E-state index < -0.39 is 11.6 Å². The zero-order chi connectivity index (χ0) is 13.7. The average molecular weight is 268 g/mol. The van der Waals surface area contributed by atoms with E-state index in [1.165, 1.54) is 18.3 Å². The molecule has 1 aromatic heterocycles. The molecule has 2 rings (SSSR count). The van der Waals surface area contributed by atoms with Gasteiger partial charge in [-0.1, -0.05) is 6.07 Å². The molecule has 6 heteroatoms. The van der Waals surface area contributed by atoms with Crippen molar-refractivity contribution in [2.24, 2.45) is 0 Å². The number of hydrogen-bond acceptors (Lipinski definition) is 4. The maximum atomic E-state index is 13.6. The second-order valence-electron chi connectivity index (χ2n) is 3.89. The Kier molecular flexibility index (Phi) is 4.59. The van der Waals surface area contributed by atoms with Crippen molar-refractivity contribution in [1.82, 2.24) is 10.3 Å². The second-order valence-corrected chi connectivity index (χ2v) is 3.89. The van der Waals surface area contributed by atoms with Crippen LogP contribution in [0.25, 0.3) is 11.3 Å². The monoisotopic (exact) mass is 268 g/mol. The third-order valence-electron chi connectivity index (χ3n) is 2.53. The van der Waals surface area contributed by atoms with E-state index in [9.17, 15) is 8.78 Å². The summed E-state index contributed by atoms with van der Waals surface area (Å²) >= 11 is 0. The van der Waals surface area contributed by atoms with Crippen LogP contribution in [-0.4, -0.2) is 25.2 Å². The van der Waals surface area contributed by atoms with Crippen LogP contribution in [0.1, 0.15) is 5.89 Å². The Labute approximate surface area is 109 Å². The van der Waals surface area contributed by atoms with Gasteiger partial charge in [0, 0.05) is 13.7 Å². The molecule has 1 aromatic carbocycles. The van der Waals surface area contributed by atoms with Crippen LogP contribution in [0.5, 0.6) is 0 Å². The Morgan fingerprint density at radius 2 is 2.21 bits per heavy atom. The first kappa shape index (κ1) is 13.6. The van der Waals surface area contributed by atoms with Crippen LogP contribution in [0, 0.1) is 11.6 Å². The molecule has 1 heterocycles. The smallest absolute Gasteiger partial charge is 0.208 e. The summed E-state index contributed by atoms with van der Waals surface area (Å²) in [6.07, 6.45) is 1.38. The van der Waals surface area contributed by atoms with Gasteiger partial charge in [-0.15, -0.1) is 0 Å². The summed E-state index contributed by atoms with van der Waals surface area (Å²) in [6, 6.07) is 3.93. The highest BCUT2D eigenvalue weighted by Crippen LogP contribution is 2.24. The van der Waals surface area contributed by atoms with E-state index in [-0.39, 0.29) is 11.3 Å². The summed E-state index contributed by atoms with van der Waals surface area (Å²) in [7, 11) is 1.61. The van der Waals surface area contributed by atoms with Crippen molar-refractivity contribution in [3.8, 4) is 11.3 Å². The summed E-state index contributed by atoms with van der Waals surface area (Å²) in [5, 5.41) is 3.04. The van der Waals surface area contributed by atoms with Crippen molar-refractivity contribution in [1.29, 1.82) is 0 Å². The largest absolute Gasteiger partial charge is 0.439 e. The van der Waals surface area contributed by atoms with Gasteiger partial charge in [0.2, 0.25) is 5.89 Å². The highest BCUT2D eigenvalue weighted by molar-refractivity contribution is 5.57. The SMILES string of the molecule is COCCNCc1ncc(-c2cccc(F)c2F)o1. The molecule has 0 fully saturated rings. The number of aromatic nitrogens is 1. The maximum absolute atomic E-state index is 13.6. The Balaban J connectivity index is 2.06. The lowest BCUT2D eigenvalue weighted by atomic mass is 10.2. The van der Waals surface area contributed by atoms with Crippen LogP contribution in [0.15, 0.2) is 28.8 Å². The summed E-state index contributed by atoms with van der Waals surface area (Å²) in [4.78, 5) is 4.00. The van der Waals surface area contributed by atoms with E-state index in [0.717, 1.165) is 6.07 Å². The molecular formula is C13H14F2N2O2. The van der Waals surface area contributed by atoms with Crippen molar-refractivity contribution in [3.63, 3.8) is 0 Å². The van der Waals surface area contributed by atoms with Crippen molar-refractivity contribution in [2.45, 2.75) is 6.54 Å². The minimum absolute atomic E-state index is 0.0654. The lowest BCUT2D eigenvalue weighted by Gasteiger charge is -2.01. The number of nitrogens with zero attached hydrogens (tertiary/aromatic N) is 1. The topological polar surface area (TPSA) is 47.3 Å². The molecule has 0 aliphatic carbocycles. The summed E-state index contributed by atoms with van der Waals surface area (Å²) in [6.45, 7) is 1.63. The van der Waals surface area contributed by atoms with Gasteiger partial charge >= 0.3 is 0 Å². The summed E-state index contributed by atoms with van der Waals surface area (Å²) in [5.41, 5.74) is 0.0654. The van der Waals surface area contributed by atoms with Crippen molar-refractivity contribution >= 4 is 0 Å². The van der Waals surface area contributed by atoms with Gasteiger partial charge in [-0.05, 0) is 12.1 Å². The number of nitrogens with one attached hydrogen (secondary N) is 1. The Bertz CT molecular complexity index is 543. The standard InChI is InChI=1S/C13H14F2N2O2/c1-18-6-5-16-8-12-17-7-11(19-12)9-3-2-4-10(14)13(9)15/h2-4,7,16H,5-6,8H2,1H3. The van der Waals surface area contributed by atoms with Gasteiger partial charge < -0.3 is 14.5 Å². The van der Waals surface area contributed by atoms with E-state index in [4.69, 9.17) is 9.15 Å². The van der Waals surface area contributed by atoms with Gasteiger partial charge in [-0.3, -0.25) is 0 Å². The van der Waals surface area contributed by atoms with Crippen LogP contribution in [-0.2, 0) is 11.3 Å². The van der Waals surface area contributed by atoms with Crippen LogP contribution in [0.2, 0.25) is 0 Å². The van der Waals surface area contributed by atoms with Crippen LogP contribution in [0.4, 0.5) is 8.78 Å². The highest BCUT2D eigenvalue weighted by Gasteiger charge is 2.13. The van der Waals surface area contributed by atoms with Crippen molar-refractivity contribution < 1.29 is 17.9 Å². The first-order valence-electron chi connectivity index (χ1n) is 5.81. The number of oxazole rings is 1. The molecule has 0 radical (unpaired) electrons. The molecule has 0 spiro atoms. The van der Waals surface area contributed by atoms with Crippen molar-refractivity contribution in [2.75, 3.05) is 20.3 Å². The summed E-state index contributed by atoms with van der Waals surface area (Å²) < 4.78 is 36.9. The zero-order valence-electron chi connectivity index (χ0n) is 10.5. The molecule has 0 saturated heterocycles. The Hall–Kier alpha value is -1.79. The number of methoxy groups -OCH3 is 1. The number of ether oxygens (including phenoxy) is 1. The molecule has 0 atom stereocenters. The number of rotatable bonds is 6. The van der Waals surface area contributed by atoms with E-state index in [2.05, 4.69) is 10.3 Å². The molecule has 1 N–H and O–H groups in total. The minimum Gasteiger partial charge on any atom is -0.439 e. The van der Waals surface area contributed by atoms with Crippen LogP contribution < -0.4 is 5.32 Å². The van der Waals surface area contributed by atoms with E-state index >= 15 is 0 Å². The second kappa shape index (κ2) is 6.40. The first-order chi connectivity index (χ1) is 9.22. The van der Waals surface area contributed by atoms with Gasteiger partial charge in [-0.2, -0.15) is 0 Å². The molecule has 19 heavy (non-hydrogen) atoms. The molecule has 4 nitrogen and oxygen atoms in total. The van der Waals surface area contributed by atoms with Crippen LogP contribution >= 0.6 is 0 Å². The third kappa shape index (κ3) is 3.36. The molecule has 0 saturated carbocycles. The maximum Gasteiger partial charge on any atom is 0.208 e. The summed E-state index contributed by atoms with van der Waals surface area (Å²) in [5.74, 6) is -1.22. The molecular weight excluding hydrogens is 254 g/mol. The van der Waals surface area contributed by atoms with Gasteiger partial charge in [0.25, 0.3) is 0 Å². The van der Waals surface area contributed by atoms with Crippen molar-refractivity contribution in [3.05, 3.63) is 41.9 Å². The number of halogens is 2. The van der Waals surface area contributed by atoms with Gasteiger partial charge in [-0.25, -0.2) is 13.8 Å². The normalized spacial score (nSPS) is 10.9. The molecule has 0 bridgehead atoms. The van der Waals surface area contributed by atoms with Gasteiger partial charge in [0.05, 0.1) is 24.9 Å². The van der Waals surface area contributed by atoms with Gasteiger partial charge in [0.1, 0.15) is 0 Å². The highest BCUT2D eigenvalue weighted by atomic mass is 19.2.